The molecule has 0 amide bonds. The summed E-state index contributed by atoms with van der Waals surface area (Å²) in [4.78, 5) is 4.23. The lowest BCUT2D eigenvalue weighted by Crippen LogP contribution is -2.07. The van der Waals surface area contributed by atoms with Crippen LogP contribution in [-0.2, 0) is 6.42 Å². The number of aryl methyl sites for hydroxylation is 3. The summed E-state index contributed by atoms with van der Waals surface area (Å²) >= 11 is 0. The molecule has 0 fully saturated rings. The van der Waals surface area contributed by atoms with Gasteiger partial charge in [0.15, 0.2) is 5.65 Å². The van der Waals surface area contributed by atoms with Gasteiger partial charge in [-0.15, -0.1) is 0 Å². The molecule has 16 heavy (non-hydrogen) atoms. The highest BCUT2D eigenvalue weighted by Gasteiger charge is 2.15. The molecule has 0 radical (unpaired) electrons. The van der Waals surface area contributed by atoms with Crippen LogP contribution in [0.25, 0.3) is 5.65 Å². The Morgan fingerprint density at radius 2 is 2.12 bits per heavy atom. The summed E-state index contributed by atoms with van der Waals surface area (Å²) in [6, 6.07) is 2.09. The number of aromatic nitrogens is 3. The van der Waals surface area contributed by atoms with Crippen molar-refractivity contribution < 1.29 is 0 Å². The predicted molar refractivity (Wildman–Crippen MR) is 61.0 cm³/mol. The number of fused-ring (bicyclic) bond motifs is 1. The predicted octanol–water partition coefficient (Wildman–Crippen LogP) is 1.36. The highest BCUT2D eigenvalue weighted by Crippen LogP contribution is 2.20. The summed E-state index contributed by atoms with van der Waals surface area (Å²) in [5, 5.41) is 13.4. The molecule has 5 nitrogen and oxygen atoms in total. The molecule has 5 heteroatoms. The fraction of sp³-hybridized carbons (Fsp3) is 0.364. The van der Waals surface area contributed by atoms with Crippen molar-refractivity contribution in [3.63, 3.8) is 0 Å². The van der Waals surface area contributed by atoms with Gasteiger partial charge in [0.05, 0.1) is 11.4 Å². The second kappa shape index (κ2) is 3.49. The van der Waals surface area contributed by atoms with Crippen molar-refractivity contribution >= 4 is 11.5 Å². The number of anilines is 1. The average molecular weight is 215 g/mol. The quantitative estimate of drug-likeness (QED) is 0.778. The van der Waals surface area contributed by atoms with Crippen molar-refractivity contribution in [3.05, 3.63) is 22.5 Å². The summed E-state index contributed by atoms with van der Waals surface area (Å²) in [5.41, 5.74) is 9.69. The van der Waals surface area contributed by atoms with Gasteiger partial charge in [0, 0.05) is 5.56 Å². The van der Waals surface area contributed by atoms with Crippen molar-refractivity contribution in [2.24, 2.45) is 0 Å². The standard InChI is InChI=1S/C11H13N5/c1-4-9-8(5-12)10(13)14-11-6(2)7(3)15-16(9)11/h4H2,1-3H3,(H2,13,14). The maximum absolute atomic E-state index is 9.05. The van der Waals surface area contributed by atoms with Gasteiger partial charge in [-0.05, 0) is 20.3 Å². The Morgan fingerprint density at radius 3 is 2.69 bits per heavy atom. The van der Waals surface area contributed by atoms with E-state index >= 15 is 0 Å². The third-order valence-corrected chi connectivity index (χ3v) is 2.80. The van der Waals surface area contributed by atoms with Crippen molar-refractivity contribution in [2.75, 3.05) is 5.73 Å². The van der Waals surface area contributed by atoms with E-state index in [0.717, 1.165) is 22.6 Å². The number of nitrogens with zero attached hydrogens (tertiary/aromatic N) is 4. The smallest absolute Gasteiger partial charge is 0.160 e. The zero-order valence-corrected chi connectivity index (χ0v) is 9.57. The minimum absolute atomic E-state index is 0.287. The first-order valence-corrected chi connectivity index (χ1v) is 5.14. The fourth-order valence-electron chi connectivity index (χ4n) is 1.78. The number of nitriles is 1. The monoisotopic (exact) mass is 215 g/mol. The minimum atomic E-state index is 0.287. The maximum Gasteiger partial charge on any atom is 0.160 e. The summed E-state index contributed by atoms with van der Waals surface area (Å²) in [6.07, 6.45) is 0.701. The molecule has 0 saturated carbocycles. The van der Waals surface area contributed by atoms with E-state index in [1.165, 1.54) is 0 Å². The molecule has 0 aromatic carbocycles. The molecule has 0 aliphatic carbocycles. The maximum atomic E-state index is 9.05. The number of rotatable bonds is 1. The van der Waals surface area contributed by atoms with Gasteiger partial charge in [0.25, 0.3) is 0 Å². The normalized spacial score (nSPS) is 10.6. The van der Waals surface area contributed by atoms with E-state index < -0.39 is 0 Å². The zero-order valence-electron chi connectivity index (χ0n) is 9.57. The highest BCUT2D eigenvalue weighted by molar-refractivity contribution is 5.60. The third-order valence-electron chi connectivity index (χ3n) is 2.80. The van der Waals surface area contributed by atoms with Gasteiger partial charge >= 0.3 is 0 Å². The molecule has 0 aliphatic heterocycles. The number of nitrogen functional groups attached to an aromatic ring is 1. The van der Waals surface area contributed by atoms with Gasteiger partial charge in [0.2, 0.25) is 0 Å². The lowest BCUT2D eigenvalue weighted by atomic mass is 10.2. The molecular weight excluding hydrogens is 202 g/mol. The van der Waals surface area contributed by atoms with Crippen LogP contribution >= 0.6 is 0 Å². The fourth-order valence-corrected chi connectivity index (χ4v) is 1.78. The van der Waals surface area contributed by atoms with Crippen LogP contribution in [0.4, 0.5) is 5.82 Å². The Kier molecular flexibility index (Phi) is 2.27. The zero-order chi connectivity index (χ0) is 11.9. The van der Waals surface area contributed by atoms with E-state index in [1.54, 1.807) is 4.52 Å². The Hall–Kier alpha value is -2.09. The van der Waals surface area contributed by atoms with Crippen molar-refractivity contribution in [1.29, 1.82) is 5.26 Å². The van der Waals surface area contributed by atoms with Gasteiger partial charge in [0.1, 0.15) is 17.5 Å². The van der Waals surface area contributed by atoms with Crippen molar-refractivity contribution in [2.45, 2.75) is 27.2 Å². The van der Waals surface area contributed by atoms with Crippen LogP contribution in [0.15, 0.2) is 0 Å². The van der Waals surface area contributed by atoms with Crippen LogP contribution in [0.1, 0.15) is 29.4 Å². The van der Waals surface area contributed by atoms with E-state index in [0.29, 0.717) is 12.0 Å². The van der Waals surface area contributed by atoms with Crippen LogP contribution < -0.4 is 5.73 Å². The van der Waals surface area contributed by atoms with Crippen molar-refractivity contribution in [3.8, 4) is 6.07 Å². The first-order chi connectivity index (χ1) is 7.60. The first-order valence-electron chi connectivity index (χ1n) is 5.14. The van der Waals surface area contributed by atoms with E-state index in [2.05, 4.69) is 16.2 Å². The number of nitrogens with two attached hydrogens (primary N) is 1. The molecule has 2 aromatic heterocycles. The first kappa shape index (κ1) is 10.4. The molecule has 0 bridgehead atoms. The van der Waals surface area contributed by atoms with Gasteiger partial charge in [-0.25, -0.2) is 9.50 Å². The highest BCUT2D eigenvalue weighted by atomic mass is 15.3. The Bertz CT molecular complexity index is 603. The molecule has 2 rings (SSSR count). The molecule has 2 heterocycles. The molecular formula is C11H13N5. The van der Waals surface area contributed by atoms with Crippen LogP contribution in [0.2, 0.25) is 0 Å². The van der Waals surface area contributed by atoms with Crippen LogP contribution in [0, 0.1) is 25.2 Å². The lowest BCUT2D eigenvalue weighted by molar-refractivity contribution is 0.834. The van der Waals surface area contributed by atoms with E-state index in [9.17, 15) is 0 Å². The van der Waals surface area contributed by atoms with E-state index in [-0.39, 0.29) is 5.82 Å². The molecule has 2 N–H and O–H groups in total. The topological polar surface area (TPSA) is 80.0 Å². The van der Waals surface area contributed by atoms with Crippen LogP contribution in [-0.4, -0.2) is 14.6 Å². The SMILES string of the molecule is CCc1c(C#N)c(N)nc2c(C)c(C)nn12. The summed E-state index contributed by atoms with van der Waals surface area (Å²) in [6.45, 7) is 5.85. The Balaban J connectivity index is 2.97. The molecule has 2 aromatic rings. The molecule has 0 unspecified atom stereocenters. The van der Waals surface area contributed by atoms with Gasteiger partial charge in [-0.2, -0.15) is 10.4 Å². The largest absolute Gasteiger partial charge is 0.382 e. The van der Waals surface area contributed by atoms with Crippen LogP contribution in [0.5, 0.6) is 0 Å². The molecule has 0 spiro atoms. The number of hydrogen-bond acceptors (Lipinski definition) is 4. The van der Waals surface area contributed by atoms with E-state index in [1.807, 2.05) is 20.8 Å². The second-order valence-electron chi connectivity index (χ2n) is 3.73. The summed E-state index contributed by atoms with van der Waals surface area (Å²) in [5.74, 6) is 0.287. The third kappa shape index (κ3) is 1.23. The van der Waals surface area contributed by atoms with E-state index in [4.69, 9.17) is 11.0 Å². The van der Waals surface area contributed by atoms with Crippen molar-refractivity contribution in [1.82, 2.24) is 14.6 Å². The lowest BCUT2D eigenvalue weighted by Gasteiger charge is -2.06. The molecule has 0 atom stereocenters. The molecule has 0 aliphatic rings. The van der Waals surface area contributed by atoms with Gasteiger partial charge < -0.3 is 5.73 Å². The molecule has 82 valence electrons. The average Bonchev–Trinajstić information content (AvgIpc) is 2.54. The Labute approximate surface area is 93.5 Å². The van der Waals surface area contributed by atoms with Gasteiger partial charge in [-0.1, -0.05) is 6.92 Å². The summed E-state index contributed by atoms with van der Waals surface area (Å²) in [7, 11) is 0. The minimum Gasteiger partial charge on any atom is -0.382 e. The van der Waals surface area contributed by atoms with Crippen LogP contribution in [0.3, 0.4) is 0 Å². The van der Waals surface area contributed by atoms with Gasteiger partial charge in [-0.3, -0.25) is 0 Å². The molecule has 0 saturated heterocycles. The number of hydrogen-bond donors (Lipinski definition) is 1. The Morgan fingerprint density at radius 1 is 1.44 bits per heavy atom. The summed E-state index contributed by atoms with van der Waals surface area (Å²) < 4.78 is 1.72. The second-order valence-corrected chi connectivity index (χ2v) is 3.73.